The number of carbonyl (C=O) groups is 1. The van der Waals surface area contributed by atoms with Gasteiger partial charge in [-0.3, -0.25) is 9.89 Å². The van der Waals surface area contributed by atoms with Gasteiger partial charge in [0, 0.05) is 5.92 Å². The van der Waals surface area contributed by atoms with E-state index < -0.39 is 0 Å². The van der Waals surface area contributed by atoms with Crippen molar-refractivity contribution in [1.82, 2.24) is 10.2 Å². The summed E-state index contributed by atoms with van der Waals surface area (Å²) in [6.07, 6.45) is 4.55. The molecule has 5 heteroatoms. The third-order valence-electron chi connectivity index (χ3n) is 3.21. The zero-order chi connectivity index (χ0) is 11.5. The number of nitriles is 1. The van der Waals surface area contributed by atoms with Crippen molar-refractivity contribution in [3.63, 3.8) is 0 Å². The fourth-order valence-corrected chi connectivity index (χ4v) is 2.22. The summed E-state index contributed by atoms with van der Waals surface area (Å²) in [4.78, 5) is 11.9. The number of hydrogen-bond donors (Lipinski definition) is 2. The molecule has 1 saturated carbocycles. The second-order valence-electron chi connectivity index (χ2n) is 4.27. The van der Waals surface area contributed by atoms with Crippen LogP contribution in [0.1, 0.15) is 31.7 Å². The van der Waals surface area contributed by atoms with Gasteiger partial charge in [0.05, 0.1) is 6.20 Å². The molecule has 0 aromatic carbocycles. The van der Waals surface area contributed by atoms with Gasteiger partial charge < -0.3 is 5.32 Å². The van der Waals surface area contributed by atoms with Crippen LogP contribution in [0.25, 0.3) is 0 Å². The van der Waals surface area contributed by atoms with Crippen LogP contribution < -0.4 is 5.32 Å². The highest BCUT2D eigenvalue weighted by Gasteiger charge is 2.30. The van der Waals surface area contributed by atoms with Crippen LogP contribution in [0, 0.1) is 23.2 Å². The zero-order valence-corrected chi connectivity index (χ0v) is 9.16. The Morgan fingerprint density at radius 1 is 1.69 bits per heavy atom. The van der Waals surface area contributed by atoms with Crippen LogP contribution in [-0.4, -0.2) is 16.1 Å². The topological polar surface area (TPSA) is 81.6 Å². The van der Waals surface area contributed by atoms with E-state index in [1.54, 1.807) is 0 Å². The number of nitrogens with one attached hydrogen (secondary N) is 2. The van der Waals surface area contributed by atoms with Crippen LogP contribution in [0.15, 0.2) is 6.20 Å². The van der Waals surface area contributed by atoms with Crippen molar-refractivity contribution in [3.8, 4) is 6.07 Å². The molecule has 1 aromatic heterocycles. The van der Waals surface area contributed by atoms with E-state index in [9.17, 15) is 4.79 Å². The summed E-state index contributed by atoms with van der Waals surface area (Å²) in [5.41, 5.74) is 0.374. The summed E-state index contributed by atoms with van der Waals surface area (Å²) in [5, 5.41) is 17.9. The van der Waals surface area contributed by atoms with E-state index in [-0.39, 0.29) is 11.8 Å². The SMILES string of the molecule is CC1CCCC1C(=O)Nc1[nH]ncc1C#N. The minimum absolute atomic E-state index is 0.00856. The van der Waals surface area contributed by atoms with Crippen molar-refractivity contribution in [3.05, 3.63) is 11.8 Å². The van der Waals surface area contributed by atoms with Gasteiger partial charge in [0.2, 0.25) is 5.91 Å². The van der Waals surface area contributed by atoms with Gasteiger partial charge in [0.25, 0.3) is 0 Å². The molecule has 0 radical (unpaired) electrons. The number of carbonyl (C=O) groups excluding carboxylic acids is 1. The number of aromatic nitrogens is 2. The molecular formula is C11H14N4O. The van der Waals surface area contributed by atoms with Crippen molar-refractivity contribution in [2.45, 2.75) is 26.2 Å². The van der Waals surface area contributed by atoms with Crippen molar-refractivity contribution in [1.29, 1.82) is 5.26 Å². The van der Waals surface area contributed by atoms with E-state index >= 15 is 0 Å². The molecule has 1 heterocycles. The zero-order valence-electron chi connectivity index (χ0n) is 9.16. The quantitative estimate of drug-likeness (QED) is 0.791. The molecule has 1 aromatic rings. The van der Waals surface area contributed by atoms with E-state index in [1.807, 2.05) is 6.07 Å². The highest BCUT2D eigenvalue weighted by atomic mass is 16.2. The Morgan fingerprint density at radius 2 is 2.50 bits per heavy atom. The van der Waals surface area contributed by atoms with Crippen LogP contribution in [0.4, 0.5) is 5.82 Å². The van der Waals surface area contributed by atoms with E-state index in [2.05, 4.69) is 22.4 Å². The number of H-pyrrole nitrogens is 1. The van der Waals surface area contributed by atoms with E-state index in [0.717, 1.165) is 19.3 Å². The van der Waals surface area contributed by atoms with Crippen molar-refractivity contribution in [2.75, 3.05) is 5.32 Å². The van der Waals surface area contributed by atoms with E-state index in [0.29, 0.717) is 17.3 Å². The molecular weight excluding hydrogens is 204 g/mol. The van der Waals surface area contributed by atoms with Gasteiger partial charge in [0.1, 0.15) is 17.5 Å². The Bertz CT molecular complexity index is 431. The Labute approximate surface area is 93.8 Å². The molecule has 0 saturated heterocycles. The Morgan fingerprint density at radius 3 is 3.12 bits per heavy atom. The van der Waals surface area contributed by atoms with E-state index in [4.69, 9.17) is 5.26 Å². The first-order valence-electron chi connectivity index (χ1n) is 5.46. The number of aromatic amines is 1. The first kappa shape index (κ1) is 10.7. The van der Waals surface area contributed by atoms with Crippen LogP contribution in [-0.2, 0) is 4.79 Å². The average molecular weight is 218 g/mol. The highest BCUT2D eigenvalue weighted by molar-refractivity contribution is 5.93. The van der Waals surface area contributed by atoms with Crippen LogP contribution >= 0.6 is 0 Å². The molecule has 0 aliphatic heterocycles. The lowest BCUT2D eigenvalue weighted by atomic mass is 9.97. The molecule has 2 atom stereocenters. The molecule has 1 aliphatic rings. The molecule has 0 spiro atoms. The predicted molar refractivity (Wildman–Crippen MR) is 58.4 cm³/mol. The van der Waals surface area contributed by atoms with Gasteiger partial charge >= 0.3 is 0 Å². The van der Waals surface area contributed by atoms with Crippen molar-refractivity contribution in [2.24, 2.45) is 11.8 Å². The summed E-state index contributed by atoms with van der Waals surface area (Å²) in [6.45, 7) is 2.09. The molecule has 2 unspecified atom stereocenters. The molecule has 5 nitrogen and oxygen atoms in total. The van der Waals surface area contributed by atoms with Gasteiger partial charge in [-0.25, -0.2) is 0 Å². The Kier molecular flexibility index (Phi) is 2.91. The largest absolute Gasteiger partial charge is 0.310 e. The molecule has 2 N–H and O–H groups in total. The lowest BCUT2D eigenvalue weighted by molar-refractivity contribution is -0.120. The fourth-order valence-electron chi connectivity index (χ4n) is 2.22. The second-order valence-corrected chi connectivity index (χ2v) is 4.27. The third kappa shape index (κ3) is 1.91. The standard InChI is InChI=1S/C11H14N4O/c1-7-3-2-4-9(7)11(16)14-10-8(5-12)6-13-15-10/h6-7,9H,2-4H2,1H3,(H2,13,14,15,16). The Balaban J connectivity index is 2.05. The van der Waals surface area contributed by atoms with Crippen LogP contribution in [0.5, 0.6) is 0 Å². The fraction of sp³-hybridized carbons (Fsp3) is 0.545. The van der Waals surface area contributed by atoms with Crippen LogP contribution in [0.2, 0.25) is 0 Å². The summed E-state index contributed by atoms with van der Waals surface area (Å²) in [7, 11) is 0. The monoisotopic (exact) mass is 218 g/mol. The molecule has 0 bridgehead atoms. The predicted octanol–water partition coefficient (Wildman–Crippen LogP) is 1.66. The minimum atomic E-state index is -0.00856. The number of rotatable bonds is 2. The number of nitrogens with zero attached hydrogens (tertiary/aromatic N) is 2. The third-order valence-corrected chi connectivity index (χ3v) is 3.21. The van der Waals surface area contributed by atoms with Gasteiger partial charge in [-0.05, 0) is 18.8 Å². The molecule has 84 valence electrons. The lowest BCUT2D eigenvalue weighted by Gasteiger charge is -2.14. The molecule has 1 amide bonds. The van der Waals surface area contributed by atoms with Crippen molar-refractivity contribution >= 4 is 11.7 Å². The maximum absolute atomic E-state index is 11.9. The number of amides is 1. The number of hydrogen-bond acceptors (Lipinski definition) is 3. The second kappa shape index (κ2) is 4.35. The normalized spacial score (nSPS) is 24.0. The molecule has 16 heavy (non-hydrogen) atoms. The highest BCUT2D eigenvalue weighted by Crippen LogP contribution is 2.32. The summed E-state index contributed by atoms with van der Waals surface area (Å²) < 4.78 is 0. The maximum atomic E-state index is 11.9. The smallest absolute Gasteiger partial charge is 0.228 e. The summed E-state index contributed by atoms with van der Waals surface area (Å²) >= 11 is 0. The first-order chi connectivity index (χ1) is 7.72. The molecule has 1 fully saturated rings. The van der Waals surface area contributed by atoms with Gasteiger partial charge in [-0.2, -0.15) is 10.4 Å². The van der Waals surface area contributed by atoms with Gasteiger partial charge in [0.15, 0.2) is 0 Å². The molecule has 2 rings (SSSR count). The van der Waals surface area contributed by atoms with Gasteiger partial charge in [-0.15, -0.1) is 0 Å². The summed E-state index contributed by atoms with van der Waals surface area (Å²) in [6, 6.07) is 1.97. The number of anilines is 1. The maximum Gasteiger partial charge on any atom is 0.228 e. The van der Waals surface area contributed by atoms with Crippen molar-refractivity contribution < 1.29 is 4.79 Å². The average Bonchev–Trinajstić information content (AvgIpc) is 2.86. The van der Waals surface area contributed by atoms with Gasteiger partial charge in [-0.1, -0.05) is 13.3 Å². The Hall–Kier alpha value is -1.83. The van der Waals surface area contributed by atoms with Crippen LogP contribution in [0.3, 0.4) is 0 Å². The minimum Gasteiger partial charge on any atom is -0.310 e. The van der Waals surface area contributed by atoms with E-state index in [1.165, 1.54) is 6.20 Å². The first-order valence-corrected chi connectivity index (χ1v) is 5.46. The lowest BCUT2D eigenvalue weighted by Crippen LogP contribution is -2.25. The molecule has 1 aliphatic carbocycles. The summed E-state index contributed by atoms with van der Waals surface area (Å²) in [5.74, 6) is 0.889.